The van der Waals surface area contributed by atoms with E-state index in [9.17, 15) is 0 Å². The predicted octanol–water partition coefficient (Wildman–Crippen LogP) is 3.84. The molecule has 0 amide bonds. The summed E-state index contributed by atoms with van der Waals surface area (Å²) in [5.74, 6) is 1.99. The molecule has 0 radical (unpaired) electrons. The molecule has 0 saturated heterocycles. The Bertz CT molecular complexity index is 490. The van der Waals surface area contributed by atoms with E-state index in [0.717, 1.165) is 23.4 Å². The van der Waals surface area contributed by atoms with Gasteiger partial charge in [-0.1, -0.05) is 27.7 Å². The van der Waals surface area contributed by atoms with Crippen LogP contribution in [-0.4, -0.2) is 15.0 Å². The maximum absolute atomic E-state index is 4.52. The molecular formula is C13H21N3. The molecule has 88 valence electrons. The Kier molecular flexibility index (Phi) is 2.95. The summed E-state index contributed by atoms with van der Waals surface area (Å²) >= 11 is 0. The number of nitrogens with zero attached hydrogens (tertiary/aromatic N) is 2. The fourth-order valence-electron chi connectivity index (χ4n) is 1.85. The van der Waals surface area contributed by atoms with Crippen molar-refractivity contribution < 1.29 is 1.43 Å². The summed E-state index contributed by atoms with van der Waals surface area (Å²) in [5, 5.41) is 0. The van der Waals surface area contributed by atoms with Crippen LogP contribution in [0.2, 0.25) is 0 Å². The monoisotopic (exact) mass is 219 g/mol. The first-order valence-corrected chi connectivity index (χ1v) is 5.98. The standard InChI is InChI=1S/C13H19N3.H2/c1-5-9(4)10-6-7-14-13-11(10)15-12(16-13)8(2)3;/h6-9H,5H2,1-4H3,(H,14,15,16);1H. The van der Waals surface area contributed by atoms with Gasteiger partial charge < -0.3 is 4.98 Å². The Labute approximate surface area is 97.8 Å². The van der Waals surface area contributed by atoms with Gasteiger partial charge in [-0.3, -0.25) is 0 Å². The summed E-state index contributed by atoms with van der Waals surface area (Å²) < 4.78 is 0. The van der Waals surface area contributed by atoms with E-state index in [4.69, 9.17) is 0 Å². The van der Waals surface area contributed by atoms with Crippen molar-refractivity contribution in [3.63, 3.8) is 0 Å². The lowest BCUT2D eigenvalue weighted by Crippen LogP contribution is -1.94. The van der Waals surface area contributed by atoms with Gasteiger partial charge >= 0.3 is 0 Å². The van der Waals surface area contributed by atoms with Crippen LogP contribution in [0, 0.1) is 0 Å². The van der Waals surface area contributed by atoms with Crippen molar-refractivity contribution in [1.29, 1.82) is 0 Å². The van der Waals surface area contributed by atoms with Crippen molar-refractivity contribution in [1.82, 2.24) is 15.0 Å². The number of hydrogen-bond donors (Lipinski definition) is 1. The van der Waals surface area contributed by atoms with E-state index in [2.05, 4.69) is 48.7 Å². The molecule has 0 saturated carbocycles. The number of nitrogens with one attached hydrogen (secondary N) is 1. The van der Waals surface area contributed by atoms with Crippen LogP contribution in [0.4, 0.5) is 0 Å². The fourth-order valence-corrected chi connectivity index (χ4v) is 1.85. The Hall–Kier alpha value is -1.38. The number of pyridine rings is 1. The van der Waals surface area contributed by atoms with Crippen LogP contribution >= 0.6 is 0 Å². The molecule has 1 N–H and O–H groups in total. The predicted molar refractivity (Wildman–Crippen MR) is 68.8 cm³/mol. The zero-order valence-corrected chi connectivity index (χ0v) is 10.4. The molecule has 2 heterocycles. The largest absolute Gasteiger partial charge is 0.340 e. The Balaban J connectivity index is 0.00000144. The Morgan fingerprint density at radius 1 is 1.38 bits per heavy atom. The first-order valence-electron chi connectivity index (χ1n) is 5.98. The molecule has 0 fully saturated rings. The maximum atomic E-state index is 4.52. The molecule has 0 aliphatic rings. The average molecular weight is 219 g/mol. The van der Waals surface area contributed by atoms with Crippen LogP contribution in [-0.2, 0) is 0 Å². The van der Waals surface area contributed by atoms with Gasteiger partial charge in [0.05, 0.1) is 5.52 Å². The summed E-state index contributed by atoms with van der Waals surface area (Å²) in [6, 6.07) is 2.10. The van der Waals surface area contributed by atoms with E-state index in [1.165, 1.54) is 5.56 Å². The van der Waals surface area contributed by atoms with Crippen LogP contribution < -0.4 is 0 Å². The number of aromatic amines is 1. The van der Waals surface area contributed by atoms with Crippen LogP contribution in [0.3, 0.4) is 0 Å². The quantitative estimate of drug-likeness (QED) is 0.852. The second-order valence-electron chi connectivity index (χ2n) is 4.68. The highest BCUT2D eigenvalue weighted by Crippen LogP contribution is 2.26. The summed E-state index contributed by atoms with van der Waals surface area (Å²) in [5.41, 5.74) is 3.29. The van der Waals surface area contributed by atoms with Crippen LogP contribution in [0.5, 0.6) is 0 Å². The van der Waals surface area contributed by atoms with E-state index >= 15 is 0 Å². The van der Waals surface area contributed by atoms with E-state index in [0.29, 0.717) is 11.8 Å². The van der Waals surface area contributed by atoms with Gasteiger partial charge in [-0.05, 0) is 24.0 Å². The maximum Gasteiger partial charge on any atom is 0.177 e. The van der Waals surface area contributed by atoms with Crippen molar-refractivity contribution >= 4 is 11.2 Å². The molecule has 16 heavy (non-hydrogen) atoms. The minimum atomic E-state index is 0. The van der Waals surface area contributed by atoms with Gasteiger partial charge in [0.15, 0.2) is 5.65 Å². The third kappa shape index (κ3) is 1.82. The SMILES string of the molecule is CCC(C)c1ccnc2nc(C(C)C)[nH]c12.[HH]. The summed E-state index contributed by atoms with van der Waals surface area (Å²) in [7, 11) is 0. The topological polar surface area (TPSA) is 41.6 Å². The number of H-pyrrole nitrogens is 1. The minimum Gasteiger partial charge on any atom is -0.340 e. The van der Waals surface area contributed by atoms with Gasteiger partial charge in [-0.25, -0.2) is 9.97 Å². The lowest BCUT2D eigenvalue weighted by atomic mass is 9.99. The molecule has 3 nitrogen and oxygen atoms in total. The summed E-state index contributed by atoms with van der Waals surface area (Å²) in [4.78, 5) is 12.2. The number of hydrogen-bond acceptors (Lipinski definition) is 2. The zero-order valence-electron chi connectivity index (χ0n) is 10.4. The van der Waals surface area contributed by atoms with Crippen LogP contribution in [0.1, 0.15) is 58.8 Å². The molecule has 0 aliphatic carbocycles. The van der Waals surface area contributed by atoms with Gasteiger partial charge in [-0.2, -0.15) is 0 Å². The second kappa shape index (κ2) is 4.24. The minimum absolute atomic E-state index is 0. The van der Waals surface area contributed by atoms with Crippen molar-refractivity contribution in [3.8, 4) is 0 Å². The number of rotatable bonds is 3. The van der Waals surface area contributed by atoms with Crippen molar-refractivity contribution in [2.75, 3.05) is 0 Å². The molecule has 0 spiro atoms. The molecule has 2 rings (SSSR count). The smallest absolute Gasteiger partial charge is 0.177 e. The Morgan fingerprint density at radius 3 is 2.75 bits per heavy atom. The molecular weight excluding hydrogens is 198 g/mol. The van der Waals surface area contributed by atoms with Crippen molar-refractivity contribution in [2.45, 2.75) is 46.0 Å². The molecule has 2 aromatic heterocycles. The highest BCUT2D eigenvalue weighted by molar-refractivity contribution is 5.75. The average Bonchev–Trinajstić information content (AvgIpc) is 2.71. The lowest BCUT2D eigenvalue weighted by molar-refractivity contribution is 0.736. The molecule has 0 bridgehead atoms. The van der Waals surface area contributed by atoms with E-state index in [1.54, 1.807) is 0 Å². The van der Waals surface area contributed by atoms with E-state index < -0.39 is 0 Å². The summed E-state index contributed by atoms with van der Waals surface area (Å²) in [6.45, 7) is 8.72. The van der Waals surface area contributed by atoms with E-state index in [1.807, 2.05) is 6.20 Å². The van der Waals surface area contributed by atoms with Gasteiger partial charge in [0.1, 0.15) is 5.82 Å². The fraction of sp³-hybridized carbons (Fsp3) is 0.538. The normalized spacial score (nSPS) is 13.6. The Morgan fingerprint density at radius 2 is 2.12 bits per heavy atom. The first-order chi connectivity index (χ1) is 7.63. The van der Waals surface area contributed by atoms with Crippen molar-refractivity contribution in [2.24, 2.45) is 0 Å². The molecule has 2 aromatic rings. The summed E-state index contributed by atoms with van der Waals surface area (Å²) in [6.07, 6.45) is 2.99. The highest BCUT2D eigenvalue weighted by Gasteiger charge is 2.13. The highest BCUT2D eigenvalue weighted by atomic mass is 15.0. The van der Waals surface area contributed by atoms with Gasteiger partial charge in [-0.15, -0.1) is 0 Å². The van der Waals surface area contributed by atoms with Crippen molar-refractivity contribution in [3.05, 3.63) is 23.7 Å². The zero-order chi connectivity index (χ0) is 11.7. The molecule has 3 heteroatoms. The number of imidazole rings is 1. The first kappa shape index (κ1) is 11.1. The number of fused-ring (bicyclic) bond motifs is 1. The van der Waals surface area contributed by atoms with Gasteiger partial charge in [0.2, 0.25) is 0 Å². The molecule has 1 atom stereocenters. The lowest BCUT2D eigenvalue weighted by Gasteiger charge is -2.08. The van der Waals surface area contributed by atoms with E-state index in [-0.39, 0.29) is 1.43 Å². The molecule has 0 aromatic carbocycles. The second-order valence-corrected chi connectivity index (χ2v) is 4.68. The number of aromatic nitrogens is 3. The van der Waals surface area contributed by atoms with Crippen LogP contribution in [0.25, 0.3) is 11.2 Å². The van der Waals surface area contributed by atoms with Gasteiger partial charge in [0.25, 0.3) is 0 Å². The molecule has 1 unspecified atom stereocenters. The third-order valence-corrected chi connectivity index (χ3v) is 3.13. The third-order valence-electron chi connectivity index (χ3n) is 3.13. The van der Waals surface area contributed by atoms with Crippen LogP contribution in [0.15, 0.2) is 12.3 Å². The van der Waals surface area contributed by atoms with Gasteiger partial charge in [0, 0.05) is 13.5 Å². The molecule has 0 aliphatic heterocycles.